The number of carbonyl (C=O) groups is 2. The third-order valence-corrected chi connectivity index (χ3v) is 6.16. The fourth-order valence-electron chi connectivity index (χ4n) is 3.00. The second kappa shape index (κ2) is 8.12. The predicted octanol–water partition coefficient (Wildman–Crippen LogP) is 4.36. The Kier molecular flexibility index (Phi) is 5.40. The minimum absolute atomic E-state index is 0.276. The van der Waals surface area contributed by atoms with E-state index in [1.54, 1.807) is 30.0 Å². The second-order valence-electron chi connectivity index (χ2n) is 6.14. The monoisotopic (exact) mass is 411 g/mol. The van der Waals surface area contributed by atoms with Crippen LogP contribution in [0.2, 0.25) is 0 Å². The molecular formula is C20H17N3O3S2. The van der Waals surface area contributed by atoms with E-state index in [0.717, 1.165) is 21.2 Å². The van der Waals surface area contributed by atoms with Crippen molar-refractivity contribution < 1.29 is 14.3 Å². The molecule has 1 N–H and O–H groups in total. The van der Waals surface area contributed by atoms with E-state index >= 15 is 0 Å². The average molecular weight is 412 g/mol. The lowest BCUT2D eigenvalue weighted by atomic mass is 9.93. The molecule has 1 aliphatic heterocycles. The topological polar surface area (TPSA) is 81.2 Å². The first kappa shape index (κ1) is 18.6. The molecule has 1 amide bonds. The van der Waals surface area contributed by atoms with Crippen molar-refractivity contribution in [3.05, 3.63) is 70.8 Å². The van der Waals surface area contributed by atoms with Gasteiger partial charge in [-0.3, -0.25) is 10.1 Å². The van der Waals surface area contributed by atoms with Gasteiger partial charge in [0, 0.05) is 12.0 Å². The molecule has 1 aromatic heterocycles. The van der Waals surface area contributed by atoms with Crippen LogP contribution in [0.5, 0.6) is 0 Å². The van der Waals surface area contributed by atoms with Crippen molar-refractivity contribution in [2.75, 3.05) is 11.1 Å². The number of carbonyl (C=O) groups excluding carboxylic acids is 2. The Balaban J connectivity index is 1.54. The highest BCUT2D eigenvalue weighted by Gasteiger charge is 2.28. The Hall–Kier alpha value is -2.71. The molecule has 3 aromatic rings. The number of hydrogen-bond donors (Lipinski definition) is 1. The number of cyclic esters (lactones) is 1. The van der Waals surface area contributed by atoms with Crippen molar-refractivity contribution in [1.29, 1.82) is 0 Å². The normalized spacial score (nSPS) is 15.6. The number of ether oxygens (including phenoxy) is 1. The molecule has 0 saturated heterocycles. The molecule has 0 spiro atoms. The van der Waals surface area contributed by atoms with E-state index in [-0.39, 0.29) is 18.0 Å². The molecule has 0 saturated carbocycles. The minimum atomic E-state index is -0.368. The number of rotatable bonds is 5. The zero-order chi connectivity index (χ0) is 19.5. The van der Waals surface area contributed by atoms with Crippen molar-refractivity contribution in [2.45, 2.75) is 23.8 Å². The Morgan fingerprint density at radius 1 is 1.25 bits per heavy atom. The highest BCUT2D eigenvalue weighted by Crippen LogP contribution is 2.31. The number of anilines is 1. The van der Waals surface area contributed by atoms with Gasteiger partial charge in [-0.15, -0.1) is 10.2 Å². The van der Waals surface area contributed by atoms with E-state index in [4.69, 9.17) is 4.74 Å². The van der Waals surface area contributed by atoms with E-state index in [2.05, 4.69) is 15.5 Å². The van der Waals surface area contributed by atoms with Crippen LogP contribution in [0.3, 0.4) is 0 Å². The van der Waals surface area contributed by atoms with Gasteiger partial charge in [0.1, 0.15) is 6.10 Å². The number of thioether (sulfide) groups is 1. The van der Waals surface area contributed by atoms with E-state index in [0.29, 0.717) is 22.7 Å². The summed E-state index contributed by atoms with van der Waals surface area (Å²) < 4.78 is 6.38. The van der Waals surface area contributed by atoms with Gasteiger partial charge in [0.2, 0.25) is 5.13 Å². The van der Waals surface area contributed by atoms with Gasteiger partial charge in [0.25, 0.3) is 5.91 Å². The summed E-state index contributed by atoms with van der Waals surface area (Å²) in [6, 6.07) is 14.6. The maximum atomic E-state index is 12.6. The third-order valence-electron chi connectivity index (χ3n) is 4.31. The van der Waals surface area contributed by atoms with Crippen LogP contribution >= 0.6 is 23.1 Å². The standard InChI is InChI=1S/C20H17N3O3S2/c1-2-27-20-23-22-19(28-20)21-17(24)13-8-9-15-14(10-13)11-16(26-18(15)25)12-6-4-3-5-7-12/h3-10,16H,2,11H2,1H3,(H,21,22,24)/t16-/m1/s1. The van der Waals surface area contributed by atoms with Gasteiger partial charge in [-0.1, -0.05) is 60.4 Å². The van der Waals surface area contributed by atoms with E-state index in [1.165, 1.54) is 11.3 Å². The van der Waals surface area contributed by atoms with E-state index in [1.807, 2.05) is 37.3 Å². The van der Waals surface area contributed by atoms with Crippen molar-refractivity contribution in [1.82, 2.24) is 10.2 Å². The number of nitrogens with zero attached hydrogens (tertiary/aromatic N) is 2. The van der Waals surface area contributed by atoms with Gasteiger partial charge in [-0.25, -0.2) is 4.79 Å². The average Bonchev–Trinajstić information content (AvgIpc) is 3.15. The number of esters is 1. The van der Waals surface area contributed by atoms with Gasteiger partial charge < -0.3 is 4.74 Å². The molecule has 0 unspecified atom stereocenters. The first-order valence-corrected chi connectivity index (χ1v) is 10.6. The summed E-state index contributed by atoms with van der Waals surface area (Å²) in [6.45, 7) is 2.03. The number of hydrogen-bond acceptors (Lipinski definition) is 7. The fraction of sp³-hybridized carbons (Fsp3) is 0.200. The summed E-state index contributed by atoms with van der Waals surface area (Å²) in [5, 5.41) is 11.3. The van der Waals surface area contributed by atoms with Crippen molar-refractivity contribution in [3.63, 3.8) is 0 Å². The van der Waals surface area contributed by atoms with Gasteiger partial charge >= 0.3 is 5.97 Å². The maximum absolute atomic E-state index is 12.6. The smallest absolute Gasteiger partial charge is 0.339 e. The van der Waals surface area contributed by atoms with Crippen LogP contribution in [0.25, 0.3) is 0 Å². The lowest BCUT2D eigenvalue weighted by Gasteiger charge is -2.25. The van der Waals surface area contributed by atoms with Gasteiger partial charge in [0.05, 0.1) is 5.56 Å². The van der Waals surface area contributed by atoms with Crippen LogP contribution in [0, 0.1) is 0 Å². The molecule has 1 aliphatic rings. The Bertz CT molecular complexity index is 1020. The van der Waals surface area contributed by atoms with Crippen LogP contribution in [0.4, 0.5) is 5.13 Å². The summed E-state index contributed by atoms with van der Waals surface area (Å²) in [4.78, 5) is 25.0. The SMILES string of the molecule is CCSc1nnc(NC(=O)c2ccc3c(c2)C[C@H](c2ccccc2)OC3=O)s1. The molecule has 4 rings (SSSR count). The van der Waals surface area contributed by atoms with E-state index < -0.39 is 0 Å². The second-order valence-corrected chi connectivity index (χ2v) is 8.63. The van der Waals surface area contributed by atoms with Crippen molar-refractivity contribution >= 4 is 40.1 Å². The fourth-order valence-corrected chi connectivity index (χ4v) is 4.65. The molecule has 0 aliphatic carbocycles. The van der Waals surface area contributed by atoms with Crippen LogP contribution < -0.4 is 5.32 Å². The molecule has 1 atom stereocenters. The van der Waals surface area contributed by atoms with Gasteiger partial charge in [-0.2, -0.15) is 0 Å². The van der Waals surface area contributed by atoms with E-state index in [9.17, 15) is 9.59 Å². The predicted molar refractivity (Wildman–Crippen MR) is 109 cm³/mol. The first-order chi connectivity index (χ1) is 13.6. The summed E-state index contributed by atoms with van der Waals surface area (Å²) in [5.41, 5.74) is 2.71. The number of fused-ring (bicyclic) bond motifs is 1. The zero-order valence-corrected chi connectivity index (χ0v) is 16.7. The van der Waals surface area contributed by atoms with Gasteiger partial charge in [-0.05, 0) is 35.1 Å². The molecule has 2 heterocycles. The molecule has 0 bridgehead atoms. The summed E-state index contributed by atoms with van der Waals surface area (Å²) in [5.74, 6) is 0.251. The first-order valence-electron chi connectivity index (χ1n) is 8.80. The summed E-state index contributed by atoms with van der Waals surface area (Å²) in [7, 11) is 0. The van der Waals surface area contributed by atoms with Crippen molar-refractivity contribution in [3.8, 4) is 0 Å². The molecule has 28 heavy (non-hydrogen) atoms. The van der Waals surface area contributed by atoms with Crippen molar-refractivity contribution in [2.24, 2.45) is 0 Å². The van der Waals surface area contributed by atoms with Crippen LogP contribution in [-0.4, -0.2) is 27.8 Å². The van der Waals surface area contributed by atoms with Crippen LogP contribution in [0.15, 0.2) is 52.9 Å². The Labute approximate surface area is 170 Å². The molecule has 142 valence electrons. The lowest BCUT2D eigenvalue weighted by molar-refractivity contribution is 0.0252. The third kappa shape index (κ3) is 3.93. The number of benzene rings is 2. The zero-order valence-electron chi connectivity index (χ0n) is 15.0. The van der Waals surface area contributed by atoms with Gasteiger partial charge in [0.15, 0.2) is 4.34 Å². The van der Waals surface area contributed by atoms with Crippen LogP contribution in [-0.2, 0) is 11.2 Å². The number of amides is 1. The molecule has 8 heteroatoms. The lowest BCUT2D eigenvalue weighted by Crippen LogP contribution is -2.23. The minimum Gasteiger partial charge on any atom is -0.454 e. The summed E-state index contributed by atoms with van der Waals surface area (Å²) in [6.07, 6.45) is 0.179. The Morgan fingerprint density at radius 2 is 2.07 bits per heavy atom. The molecular weight excluding hydrogens is 394 g/mol. The van der Waals surface area contributed by atoms with Crippen LogP contribution in [0.1, 0.15) is 44.9 Å². The maximum Gasteiger partial charge on any atom is 0.339 e. The highest BCUT2D eigenvalue weighted by atomic mass is 32.2. The molecule has 0 fully saturated rings. The molecule has 0 radical (unpaired) electrons. The largest absolute Gasteiger partial charge is 0.454 e. The summed E-state index contributed by atoms with van der Waals surface area (Å²) >= 11 is 2.92. The number of nitrogens with one attached hydrogen (secondary N) is 1. The molecule has 6 nitrogen and oxygen atoms in total. The highest BCUT2D eigenvalue weighted by molar-refractivity contribution is 8.01. The number of aromatic nitrogens is 2. The quantitative estimate of drug-likeness (QED) is 0.382. The molecule has 2 aromatic carbocycles. The Morgan fingerprint density at radius 3 is 2.86 bits per heavy atom.